The topological polar surface area (TPSA) is 81.8 Å². The van der Waals surface area contributed by atoms with Crippen molar-refractivity contribution in [3.8, 4) is 5.69 Å². The number of carbonyl (C=O) groups excluding carboxylic acids is 1. The van der Waals surface area contributed by atoms with Crippen LogP contribution in [-0.2, 0) is 11.2 Å². The number of hydrogen-bond donors (Lipinski definition) is 1. The molecule has 2 heterocycles. The highest BCUT2D eigenvalue weighted by Gasteiger charge is 2.24. The first-order valence-electron chi connectivity index (χ1n) is 10.8. The molecule has 0 fully saturated rings. The largest absolute Gasteiger partial charge is 0.324 e. The number of benzene rings is 2. The molecule has 0 saturated heterocycles. The van der Waals surface area contributed by atoms with E-state index < -0.39 is 6.04 Å². The fraction of sp³-hybridized carbons (Fsp3) is 0.280. The van der Waals surface area contributed by atoms with Gasteiger partial charge in [-0.2, -0.15) is 10.2 Å². The van der Waals surface area contributed by atoms with Gasteiger partial charge in [-0.15, -0.1) is 0 Å². The summed E-state index contributed by atoms with van der Waals surface area (Å²) in [6, 6.07) is 14.8. The molecular weight excluding hydrogens is 402 g/mol. The third-order valence-corrected chi connectivity index (χ3v) is 5.88. The Bertz CT molecular complexity index is 1370. The summed E-state index contributed by atoms with van der Waals surface area (Å²) >= 11 is 0. The Labute approximate surface area is 186 Å². The Morgan fingerprint density at radius 2 is 1.75 bits per heavy atom. The van der Waals surface area contributed by atoms with Crippen molar-refractivity contribution in [2.24, 2.45) is 0 Å². The van der Waals surface area contributed by atoms with Crippen molar-refractivity contribution in [3.63, 3.8) is 0 Å². The summed E-state index contributed by atoms with van der Waals surface area (Å²) in [5.41, 5.74) is 5.11. The summed E-state index contributed by atoms with van der Waals surface area (Å²) in [6.45, 7) is 9.44. The highest BCUT2D eigenvalue weighted by molar-refractivity contribution is 5.95. The average Bonchev–Trinajstić information content (AvgIpc) is 3.15. The number of aryl methyl sites for hydroxylation is 4. The van der Waals surface area contributed by atoms with Crippen LogP contribution in [0.3, 0.4) is 0 Å². The van der Waals surface area contributed by atoms with Gasteiger partial charge >= 0.3 is 0 Å². The quantitative estimate of drug-likeness (QED) is 0.514. The van der Waals surface area contributed by atoms with Crippen LogP contribution in [0.4, 0.5) is 5.69 Å². The minimum atomic E-state index is -0.794. The lowest BCUT2D eigenvalue weighted by molar-refractivity contribution is -0.119. The lowest BCUT2D eigenvalue weighted by atomic mass is 10.1. The number of carbonyl (C=O) groups is 1. The number of hydrogen-bond acceptors (Lipinski definition) is 4. The van der Waals surface area contributed by atoms with Crippen molar-refractivity contribution < 1.29 is 4.79 Å². The lowest BCUT2D eigenvalue weighted by Crippen LogP contribution is -2.34. The second-order valence-corrected chi connectivity index (χ2v) is 8.02. The predicted octanol–water partition coefficient (Wildman–Crippen LogP) is 4.27. The van der Waals surface area contributed by atoms with E-state index in [1.54, 1.807) is 11.6 Å². The normalized spacial score (nSPS) is 12.2. The Balaban J connectivity index is 1.76. The van der Waals surface area contributed by atoms with E-state index in [1.807, 2.05) is 76.2 Å². The molecule has 0 spiro atoms. The monoisotopic (exact) mass is 429 g/mol. The van der Waals surface area contributed by atoms with Gasteiger partial charge in [0, 0.05) is 5.69 Å². The molecule has 2 aromatic carbocycles. The van der Waals surface area contributed by atoms with Crippen molar-refractivity contribution in [1.29, 1.82) is 0 Å². The van der Waals surface area contributed by atoms with E-state index in [-0.39, 0.29) is 11.5 Å². The minimum absolute atomic E-state index is 0.290. The predicted molar refractivity (Wildman–Crippen MR) is 126 cm³/mol. The van der Waals surface area contributed by atoms with Gasteiger partial charge in [-0.25, -0.2) is 9.36 Å². The number of para-hydroxylation sites is 2. The lowest BCUT2D eigenvalue weighted by Gasteiger charge is -2.18. The standard InChI is InChI=1S/C25H27N5O2/c1-6-19-12-10-11-15(2)22(19)26-24(31)18(5)30-25(32)23-21(16(3)27-30)17(4)29(28-23)20-13-8-7-9-14-20/h7-14,18H,6H2,1-5H3,(H,26,31)/t18-/m0/s1. The zero-order valence-corrected chi connectivity index (χ0v) is 19.0. The summed E-state index contributed by atoms with van der Waals surface area (Å²) in [5.74, 6) is -0.290. The van der Waals surface area contributed by atoms with Crippen molar-refractivity contribution in [3.05, 3.63) is 81.4 Å². The molecule has 32 heavy (non-hydrogen) atoms. The summed E-state index contributed by atoms with van der Waals surface area (Å²) < 4.78 is 2.98. The molecule has 1 N–H and O–H groups in total. The van der Waals surface area contributed by atoms with Crippen molar-refractivity contribution in [1.82, 2.24) is 19.6 Å². The smallest absolute Gasteiger partial charge is 0.295 e. The van der Waals surface area contributed by atoms with E-state index in [2.05, 4.69) is 15.5 Å². The highest BCUT2D eigenvalue weighted by Crippen LogP contribution is 2.24. The first-order valence-corrected chi connectivity index (χ1v) is 10.8. The SMILES string of the molecule is CCc1cccc(C)c1NC(=O)[C@H](C)n1nc(C)c2c(C)n(-c3ccccc3)nc2c1=O. The molecule has 164 valence electrons. The highest BCUT2D eigenvalue weighted by atomic mass is 16.2. The fourth-order valence-corrected chi connectivity index (χ4v) is 4.07. The summed E-state index contributed by atoms with van der Waals surface area (Å²) in [5, 5.41) is 12.8. The zero-order chi connectivity index (χ0) is 23.0. The number of nitrogens with zero attached hydrogens (tertiary/aromatic N) is 4. The number of aromatic nitrogens is 4. The summed E-state index contributed by atoms with van der Waals surface area (Å²) in [6.07, 6.45) is 0.797. The van der Waals surface area contributed by atoms with Gasteiger partial charge in [0.1, 0.15) is 6.04 Å². The van der Waals surface area contributed by atoms with E-state index in [0.29, 0.717) is 11.2 Å². The third-order valence-electron chi connectivity index (χ3n) is 5.88. The molecule has 0 aliphatic rings. The van der Waals surface area contributed by atoms with E-state index in [1.165, 1.54) is 4.68 Å². The van der Waals surface area contributed by atoms with Gasteiger partial charge in [0.2, 0.25) is 5.91 Å². The Hall–Kier alpha value is -3.74. The first-order chi connectivity index (χ1) is 15.3. The molecule has 4 rings (SSSR count). The molecule has 0 aliphatic carbocycles. The van der Waals surface area contributed by atoms with E-state index in [4.69, 9.17) is 0 Å². The van der Waals surface area contributed by atoms with Crippen LogP contribution >= 0.6 is 0 Å². The molecule has 7 heteroatoms. The van der Waals surface area contributed by atoms with Gasteiger partial charge in [-0.1, -0.05) is 43.3 Å². The Kier molecular flexibility index (Phi) is 5.65. The van der Waals surface area contributed by atoms with Crippen molar-refractivity contribution >= 4 is 22.5 Å². The van der Waals surface area contributed by atoms with Gasteiger partial charge in [0.15, 0.2) is 5.52 Å². The maximum Gasteiger partial charge on any atom is 0.295 e. The van der Waals surface area contributed by atoms with Crippen LogP contribution in [0.5, 0.6) is 0 Å². The molecule has 0 aliphatic heterocycles. The second-order valence-electron chi connectivity index (χ2n) is 8.02. The molecular formula is C25H27N5O2. The number of anilines is 1. The van der Waals surface area contributed by atoms with E-state index in [0.717, 1.165) is 40.0 Å². The molecule has 0 radical (unpaired) electrons. The maximum absolute atomic E-state index is 13.3. The van der Waals surface area contributed by atoms with E-state index in [9.17, 15) is 9.59 Å². The van der Waals surface area contributed by atoms with Crippen LogP contribution in [0, 0.1) is 20.8 Å². The van der Waals surface area contributed by atoms with E-state index >= 15 is 0 Å². The van der Waals surface area contributed by atoms with Crippen molar-refractivity contribution in [2.45, 2.75) is 47.1 Å². The van der Waals surface area contributed by atoms with Gasteiger partial charge in [-0.3, -0.25) is 9.59 Å². The fourth-order valence-electron chi connectivity index (χ4n) is 4.07. The molecule has 7 nitrogen and oxygen atoms in total. The van der Waals surface area contributed by atoms with Crippen LogP contribution in [-0.4, -0.2) is 25.5 Å². The van der Waals surface area contributed by atoms with Crippen LogP contribution in [0.25, 0.3) is 16.6 Å². The maximum atomic E-state index is 13.3. The number of rotatable bonds is 5. The molecule has 1 atom stereocenters. The molecule has 0 saturated carbocycles. The van der Waals surface area contributed by atoms with Gasteiger partial charge in [0.25, 0.3) is 5.56 Å². The molecule has 2 aromatic heterocycles. The van der Waals surface area contributed by atoms with Crippen LogP contribution in [0.2, 0.25) is 0 Å². The van der Waals surface area contributed by atoms with Crippen LogP contribution in [0.15, 0.2) is 53.3 Å². The van der Waals surface area contributed by atoms with Gasteiger partial charge in [-0.05, 0) is 57.4 Å². The number of nitrogens with one attached hydrogen (secondary N) is 1. The molecule has 1 amide bonds. The molecule has 4 aromatic rings. The Morgan fingerprint density at radius 3 is 2.44 bits per heavy atom. The summed E-state index contributed by atoms with van der Waals surface area (Å²) in [4.78, 5) is 26.4. The average molecular weight is 430 g/mol. The number of amides is 1. The second kappa shape index (κ2) is 8.42. The van der Waals surface area contributed by atoms with Gasteiger partial charge < -0.3 is 5.32 Å². The number of fused-ring (bicyclic) bond motifs is 1. The van der Waals surface area contributed by atoms with Gasteiger partial charge in [0.05, 0.1) is 22.5 Å². The Morgan fingerprint density at radius 1 is 1.03 bits per heavy atom. The molecule has 0 bridgehead atoms. The van der Waals surface area contributed by atoms with Crippen molar-refractivity contribution in [2.75, 3.05) is 5.32 Å². The zero-order valence-electron chi connectivity index (χ0n) is 19.0. The minimum Gasteiger partial charge on any atom is -0.324 e. The van der Waals surface area contributed by atoms with Crippen LogP contribution in [0.1, 0.15) is 42.4 Å². The molecule has 0 unspecified atom stereocenters. The summed E-state index contributed by atoms with van der Waals surface area (Å²) in [7, 11) is 0. The van der Waals surface area contributed by atoms with Crippen LogP contribution < -0.4 is 10.9 Å². The third kappa shape index (κ3) is 3.60. The first kappa shape index (κ1) is 21.5.